The Balaban J connectivity index is 1.97. The first-order valence-electron chi connectivity index (χ1n) is 11.3. The lowest BCUT2D eigenvalue weighted by Gasteiger charge is -2.28. The van der Waals surface area contributed by atoms with E-state index < -0.39 is 0 Å². The number of nitrogens with one attached hydrogen (secondary N) is 1. The van der Waals surface area contributed by atoms with E-state index in [1.165, 1.54) is 32.1 Å². The van der Waals surface area contributed by atoms with E-state index in [2.05, 4.69) is 32.2 Å². The Morgan fingerprint density at radius 2 is 1.93 bits per heavy atom. The highest BCUT2D eigenvalue weighted by Gasteiger charge is 2.26. The predicted octanol–water partition coefficient (Wildman–Crippen LogP) is 5.55. The zero-order chi connectivity index (χ0) is 20.5. The summed E-state index contributed by atoms with van der Waals surface area (Å²) in [5.41, 5.74) is 8.15. The van der Waals surface area contributed by atoms with Crippen LogP contribution in [0.4, 0.5) is 5.69 Å². The van der Waals surface area contributed by atoms with Crippen molar-refractivity contribution in [2.24, 2.45) is 23.5 Å². The van der Waals surface area contributed by atoms with Crippen molar-refractivity contribution in [3.05, 3.63) is 23.8 Å². The van der Waals surface area contributed by atoms with Crippen molar-refractivity contribution in [3.8, 4) is 5.75 Å². The van der Waals surface area contributed by atoms with Crippen LogP contribution in [0.3, 0.4) is 0 Å². The van der Waals surface area contributed by atoms with Gasteiger partial charge in [0.15, 0.2) is 0 Å². The summed E-state index contributed by atoms with van der Waals surface area (Å²) in [6.45, 7) is 9.07. The maximum atomic E-state index is 12.8. The maximum absolute atomic E-state index is 12.8. The molecule has 1 aromatic carbocycles. The summed E-state index contributed by atoms with van der Waals surface area (Å²) in [7, 11) is 0. The number of carbonyl (C=O) groups excluding carboxylic acids is 1. The fraction of sp³-hybridized carbons (Fsp3) is 0.708. The molecule has 0 saturated heterocycles. The summed E-state index contributed by atoms with van der Waals surface area (Å²) in [5.74, 6) is 2.26. The fourth-order valence-corrected chi connectivity index (χ4v) is 4.02. The van der Waals surface area contributed by atoms with Crippen LogP contribution in [0.5, 0.6) is 5.75 Å². The van der Waals surface area contributed by atoms with Crippen LogP contribution in [0.2, 0.25) is 0 Å². The molecule has 1 aromatic rings. The van der Waals surface area contributed by atoms with E-state index in [0.717, 1.165) is 42.2 Å². The molecule has 0 radical (unpaired) electrons. The predicted molar refractivity (Wildman–Crippen MR) is 118 cm³/mol. The molecule has 158 valence electrons. The van der Waals surface area contributed by atoms with E-state index in [0.29, 0.717) is 12.5 Å². The van der Waals surface area contributed by atoms with Gasteiger partial charge in [0.25, 0.3) is 0 Å². The minimum atomic E-state index is 0.123. The average Bonchev–Trinajstić information content (AvgIpc) is 2.68. The van der Waals surface area contributed by atoms with Gasteiger partial charge in [0, 0.05) is 12.0 Å². The van der Waals surface area contributed by atoms with Gasteiger partial charge in [-0.2, -0.15) is 0 Å². The second-order valence-corrected chi connectivity index (χ2v) is 8.72. The number of unbranched alkanes of at least 4 members (excludes halogenated alkanes) is 1. The van der Waals surface area contributed by atoms with Gasteiger partial charge in [-0.05, 0) is 68.6 Å². The third-order valence-corrected chi connectivity index (χ3v) is 6.11. The highest BCUT2D eigenvalue weighted by molar-refractivity contribution is 5.94. The standard InChI is InChI=1S/C24H40N2O2/c1-5-7-8-18-9-12-20(13-10-18)24(27)26-22-14-11-19(15-21(25)17(3)4)16-23(22)28-6-2/h11,14,16-18,20-21H,5-10,12-13,15,25H2,1-4H3,(H,26,27). The quantitative estimate of drug-likeness (QED) is 0.552. The Hall–Kier alpha value is -1.55. The summed E-state index contributed by atoms with van der Waals surface area (Å²) >= 11 is 0. The number of ether oxygens (including phenoxy) is 1. The molecule has 1 fully saturated rings. The Labute approximate surface area is 171 Å². The molecule has 4 heteroatoms. The first-order chi connectivity index (χ1) is 13.4. The minimum Gasteiger partial charge on any atom is -0.492 e. The van der Waals surface area contributed by atoms with Crippen molar-refractivity contribution in [2.45, 2.75) is 85.1 Å². The Bertz CT molecular complexity index is 607. The summed E-state index contributed by atoms with van der Waals surface area (Å²) in [4.78, 5) is 12.8. The molecule has 28 heavy (non-hydrogen) atoms. The van der Waals surface area contributed by atoms with Crippen molar-refractivity contribution in [1.29, 1.82) is 0 Å². The van der Waals surface area contributed by atoms with E-state index in [-0.39, 0.29) is 17.9 Å². The minimum absolute atomic E-state index is 0.123. The van der Waals surface area contributed by atoms with E-state index in [1.807, 2.05) is 19.1 Å². The van der Waals surface area contributed by atoms with Crippen LogP contribution in [0.25, 0.3) is 0 Å². The molecular formula is C24H40N2O2. The zero-order valence-corrected chi connectivity index (χ0v) is 18.3. The molecule has 0 heterocycles. The number of rotatable bonds is 10. The van der Waals surface area contributed by atoms with Gasteiger partial charge in [0.2, 0.25) is 5.91 Å². The number of nitrogens with two attached hydrogens (primary N) is 1. The molecule has 0 aromatic heterocycles. The third kappa shape index (κ3) is 6.80. The van der Waals surface area contributed by atoms with Crippen LogP contribution >= 0.6 is 0 Å². The van der Waals surface area contributed by atoms with Gasteiger partial charge < -0.3 is 15.8 Å². The molecule has 0 spiro atoms. The molecule has 1 amide bonds. The molecule has 0 bridgehead atoms. The lowest BCUT2D eigenvalue weighted by molar-refractivity contribution is -0.121. The van der Waals surface area contributed by atoms with Crippen molar-refractivity contribution < 1.29 is 9.53 Å². The Kier molecular flexibility index (Phi) is 9.30. The zero-order valence-electron chi connectivity index (χ0n) is 18.3. The Morgan fingerprint density at radius 3 is 2.54 bits per heavy atom. The van der Waals surface area contributed by atoms with Gasteiger partial charge in [0.1, 0.15) is 5.75 Å². The van der Waals surface area contributed by atoms with Crippen molar-refractivity contribution in [1.82, 2.24) is 0 Å². The van der Waals surface area contributed by atoms with E-state index in [4.69, 9.17) is 10.5 Å². The number of anilines is 1. The Morgan fingerprint density at radius 1 is 1.21 bits per heavy atom. The second-order valence-electron chi connectivity index (χ2n) is 8.72. The van der Waals surface area contributed by atoms with E-state index in [1.54, 1.807) is 0 Å². The monoisotopic (exact) mass is 388 g/mol. The van der Waals surface area contributed by atoms with Crippen molar-refractivity contribution >= 4 is 11.6 Å². The lowest BCUT2D eigenvalue weighted by Crippen LogP contribution is -2.29. The smallest absolute Gasteiger partial charge is 0.227 e. The van der Waals surface area contributed by atoms with Gasteiger partial charge in [-0.25, -0.2) is 0 Å². The topological polar surface area (TPSA) is 64.4 Å². The van der Waals surface area contributed by atoms with Gasteiger partial charge in [-0.1, -0.05) is 46.1 Å². The van der Waals surface area contributed by atoms with Crippen LogP contribution < -0.4 is 15.8 Å². The van der Waals surface area contributed by atoms with Crippen LogP contribution in [-0.2, 0) is 11.2 Å². The molecule has 4 nitrogen and oxygen atoms in total. The first kappa shape index (κ1) is 22.7. The van der Waals surface area contributed by atoms with Crippen LogP contribution in [0.1, 0.15) is 78.2 Å². The van der Waals surface area contributed by atoms with Crippen molar-refractivity contribution in [3.63, 3.8) is 0 Å². The van der Waals surface area contributed by atoms with Gasteiger partial charge in [-0.3, -0.25) is 4.79 Å². The highest BCUT2D eigenvalue weighted by Crippen LogP contribution is 2.34. The molecule has 1 saturated carbocycles. The second kappa shape index (κ2) is 11.5. The van der Waals surface area contributed by atoms with Crippen LogP contribution in [0, 0.1) is 17.8 Å². The van der Waals surface area contributed by atoms with E-state index in [9.17, 15) is 4.79 Å². The van der Waals surface area contributed by atoms with Crippen molar-refractivity contribution in [2.75, 3.05) is 11.9 Å². The number of benzene rings is 1. The maximum Gasteiger partial charge on any atom is 0.227 e. The molecule has 1 aliphatic rings. The van der Waals surface area contributed by atoms with Crippen LogP contribution in [-0.4, -0.2) is 18.6 Å². The van der Waals surface area contributed by atoms with Crippen LogP contribution in [0.15, 0.2) is 18.2 Å². The molecular weight excluding hydrogens is 348 g/mol. The average molecular weight is 389 g/mol. The van der Waals surface area contributed by atoms with Gasteiger partial charge in [0.05, 0.1) is 12.3 Å². The summed E-state index contributed by atoms with van der Waals surface area (Å²) < 4.78 is 5.81. The summed E-state index contributed by atoms with van der Waals surface area (Å²) in [6.07, 6.45) is 9.08. The normalized spacial score (nSPS) is 20.8. The van der Waals surface area contributed by atoms with Gasteiger partial charge in [-0.15, -0.1) is 0 Å². The SMILES string of the molecule is CCCCC1CCC(C(=O)Nc2ccc(CC(N)C(C)C)cc2OCC)CC1. The lowest BCUT2D eigenvalue weighted by atomic mass is 9.79. The fourth-order valence-electron chi connectivity index (χ4n) is 4.02. The number of carbonyl (C=O) groups is 1. The number of amides is 1. The summed E-state index contributed by atoms with van der Waals surface area (Å²) in [6, 6.07) is 6.18. The molecule has 0 aliphatic heterocycles. The number of hydrogen-bond acceptors (Lipinski definition) is 3. The largest absolute Gasteiger partial charge is 0.492 e. The first-order valence-corrected chi connectivity index (χ1v) is 11.3. The molecule has 2 rings (SSSR count). The van der Waals surface area contributed by atoms with Gasteiger partial charge >= 0.3 is 0 Å². The highest BCUT2D eigenvalue weighted by atomic mass is 16.5. The molecule has 1 atom stereocenters. The molecule has 1 aliphatic carbocycles. The third-order valence-electron chi connectivity index (χ3n) is 6.11. The molecule has 3 N–H and O–H groups in total. The van der Waals surface area contributed by atoms with E-state index >= 15 is 0 Å². The summed E-state index contributed by atoms with van der Waals surface area (Å²) in [5, 5.41) is 3.13. The molecule has 1 unspecified atom stereocenters. The number of hydrogen-bond donors (Lipinski definition) is 2.